The molecule has 0 bridgehead atoms. The number of alkyl halides is 3. The normalized spacial score (nSPS) is 11.2. The maximum atomic E-state index is 13.1. The number of benzene rings is 2. The van der Waals surface area contributed by atoms with Gasteiger partial charge in [-0.1, -0.05) is 12.1 Å². The molecule has 110 valence electrons. The summed E-state index contributed by atoms with van der Waals surface area (Å²) in [6.45, 7) is 0. The summed E-state index contributed by atoms with van der Waals surface area (Å²) in [6, 6.07) is 8.29. The van der Waals surface area contributed by atoms with Crippen LogP contribution in [0.5, 0.6) is 5.75 Å². The number of ether oxygens (including phenoxy) is 1. The first kappa shape index (κ1) is 14.9. The summed E-state index contributed by atoms with van der Waals surface area (Å²) >= 11 is 0. The number of carbonyl (C=O) groups excluding carboxylic acids is 1. The molecule has 0 unspecified atom stereocenters. The van der Waals surface area contributed by atoms with Crippen LogP contribution in [0, 0.1) is 0 Å². The van der Waals surface area contributed by atoms with E-state index < -0.39 is 17.7 Å². The van der Waals surface area contributed by atoms with Gasteiger partial charge < -0.3 is 9.84 Å². The topological polar surface area (TPSA) is 46.5 Å². The molecular weight excluding hydrogens is 285 g/mol. The van der Waals surface area contributed by atoms with Crippen molar-refractivity contribution in [3.05, 3.63) is 53.6 Å². The van der Waals surface area contributed by atoms with Crippen molar-refractivity contribution in [1.29, 1.82) is 0 Å². The average Bonchev–Trinajstić information content (AvgIpc) is 2.45. The van der Waals surface area contributed by atoms with E-state index in [1.54, 1.807) is 0 Å². The lowest BCUT2D eigenvalue weighted by Gasteiger charge is -2.14. The zero-order valence-electron chi connectivity index (χ0n) is 10.9. The zero-order chi connectivity index (χ0) is 15.6. The number of methoxy groups -OCH3 is 1. The van der Waals surface area contributed by atoms with E-state index in [-0.39, 0.29) is 22.4 Å². The van der Waals surface area contributed by atoms with E-state index in [1.807, 2.05) is 0 Å². The Morgan fingerprint density at radius 1 is 1.10 bits per heavy atom. The van der Waals surface area contributed by atoms with Crippen LogP contribution in [0.4, 0.5) is 13.2 Å². The van der Waals surface area contributed by atoms with E-state index in [9.17, 15) is 23.1 Å². The summed E-state index contributed by atoms with van der Waals surface area (Å²) in [6.07, 6.45) is -4.55. The number of aromatic hydroxyl groups is 1. The van der Waals surface area contributed by atoms with Crippen LogP contribution in [-0.4, -0.2) is 18.2 Å². The molecule has 0 saturated carbocycles. The Bertz CT molecular complexity index is 661. The van der Waals surface area contributed by atoms with Crippen molar-refractivity contribution in [3.63, 3.8) is 0 Å². The maximum absolute atomic E-state index is 13.1. The lowest BCUT2D eigenvalue weighted by atomic mass is 9.96. The fourth-order valence-corrected chi connectivity index (χ4v) is 1.92. The van der Waals surface area contributed by atoms with Crippen LogP contribution >= 0.6 is 0 Å². The second kappa shape index (κ2) is 5.47. The predicted octanol–water partition coefficient (Wildman–Crippen LogP) is 3.86. The molecule has 0 spiro atoms. The largest absolute Gasteiger partial charge is 0.508 e. The minimum absolute atomic E-state index is 0.0218. The van der Waals surface area contributed by atoms with Gasteiger partial charge in [-0.25, -0.2) is 4.79 Å². The van der Waals surface area contributed by atoms with Crippen LogP contribution in [0.1, 0.15) is 15.9 Å². The molecule has 0 aliphatic carbocycles. The van der Waals surface area contributed by atoms with E-state index in [2.05, 4.69) is 4.74 Å². The minimum Gasteiger partial charge on any atom is -0.508 e. The Balaban J connectivity index is 2.63. The Kier molecular flexibility index (Phi) is 3.88. The summed E-state index contributed by atoms with van der Waals surface area (Å²) in [4.78, 5) is 11.5. The highest BCUT2D eigenvalue weighted by Crippen LogP contribution is 2.38. The van der Waals surface area contributed by atoms with Crippen molar-refractivity contribution >= 4 is 5.97 Å². The first-order valence-corrected chi connectivity index (χ1v) is 5.92. The number of rotatable bonds is 2. The highest BCUT2D eigenvalue weighted by atomic mass is 19.4. The molecule has 0 amide bonds. The zero-order valence-corrected chi connectivity index (χ0v) is 10.9. The third kappa shape index (κ3) is 3.16. The van der Waals surface area contributed by atoms with Crippen molar-refractivity contribution in [2.75, 3.05) is 7.11 Å². The standard InChI is InChI=1S/C15H11F3O3/c1-21-14(20)10-4-7-13(15(16,17)18)12(8-10)9-2-5-11(19)6-3-9/h2-8,19H,1H3. The second-order valence-corrected chi connectivity index (χ2v) is 4.30. The van der Waals surface area contributed by atoms with Crippen LogP contribution in [0.25, 0.3) is 11.1 Å². The highest BCUT2D eigenvalue weighted by Gasteiger charge is 2.34. The predicted molar refractivity (Wildman–Crippen MR) is 69.9 cm³/mol. The summed E-state index contributed by atoms with van der Waals surface area (Å²) < 4.78 is 43.7. The first-order chi connectivity index (χ1) is 9.82. The van der Waals surface area contributed by atoms with Crippen molar-refractivity contribution < 1.29 is 27.8 Å². The van der Waals surface area contributed by atoms with E-state index in [0.717, 1.165) is 25.3 Å². The number of hydrogen-bond donors (Lipinski definition) is 1. The lowest BCUT2D eigenvalue weighted by Crippen LogP contribution is -2.09. The molecule has 1 N–H and O–H groups in total. The molecule has 0 aliphatic rings. The molecule has 0 atom stereocenters. The van der Waals surface area contributed by atoms with Crippen molar-refractivity contribution in [2.24, 2.45) is 0 Å². The van der Waals surface area contributed by atoms with E-state index >= 15 is 0 Å². The van der Waals surface area contributed by atoms with Gasteiger partial charge in [0.05, 0.1) is 18.2 Å². The Labute approximate surface area is 118 Å². The summed E-state index contributed by atoms with van der Waals surface area (Å²) in [5.74, 6) is -0.778. The van der Waals surface area contributed by atoms with Gasteiger partial charge in [0.1, 0.15) is 5.75 Å². The quantitative estimate of drug-likeness (QED) is 0.856. The Morgan fingerprint density at radius 3 is 2.24 bits per heavy atom. The molecule has 0 heterocycles. The molecule has 21 heavy (non-hydrogen) atoms. The summed E-state index contributed by atoms with van der Waals surface area (Å²) in [5, 5.41) is 9.22. The molecule has 3 nitrogen and oxygen atoms in total. The fraction of sp³-hybridized carbons (Fsp3) is 0.133. The second-order valence-electron chi connectivity index (χ2n) is 4.30. The van der Waals surface area contributed by atoms with Crippen molar-refractivity contribution in [2.45, 2.75) is 6.18 Å². The van der Waals surface area contributed by atoms with Gasteiger partial charge in [0, 0.05) is 0 Å². The number of esters is 1. The van der Waals surface area contributed by atoms with Gasteiger partial charge in [0.15, 0.2) is 0 Å². The smallest absolute Gasteiger partial charge is 0.417 e. The monoisotopic (exact) mass is 296 g/mol. The molecular formula is C15H11F3O3. The van der Waals surface area contributed by atoms with Crippen molar-refractivity contribution in [3.8, 4) is 16.9 Å². The van der Waals surface area contributed by atoms with Gasteiger partial charge in [-0.15, -0.1) is 0 Å². The SMILES string of the molecule is COC(=O)c1ccc(C(F)(F)F)c(-c2ccc(O)cc2)c1. The molecule has 0 aliphatic heterocycles. The third-order valence-corrected chi connectivity index (χ3v) is 2.92. The van der Waals surface area contributed by atoms with Gasteiger partial charge >= 0.3 is 12.1 Å². The van der Waals surface area contributed by atoms with Gasteiger partial charge in [-0.3, -0.25) is 0 Å². The van der Waals surface area contributed by atoms with Gasteiger partial charge in [-0.05, 0) is 41.5 Å². The molecule has 0 aromatic heterocycles. The number of phenols is 1. The van der Waals surface area contributed by atoms with Crippen LogP contribution in [0.3, 0.4) is 0 Å². The van der Waals surface area contributed by atoms with Gasteiger partial charge in [0.2, 0.25) is 0 Å². The first-order valence-electron chi connectivity index (χ1n) is 5.92. The number of halogens is 3. The average molecular weight is 296 g/mol. The van der Waals surface area contributed by atoms with Crippen LogP contribution in [0.15, 0.2) is 42.5 Å². The van der Waals surface area contributed by atoms with E-state index in [1.165, 1.54) is 24.3 Å². The number of hydrogen-bond acceptors (Lipinski definition) is 3. The number of phenolic OH excluding ortho intramolecular Hbond substituents is 1. The van der Waals surface area contributed by atoms with Crippen LogP contribution in [-0.2, 0) is 10.9 Å². The van der Waals surface area contributed by atoms with Gasteiger partial charge in [-0.2, -0.15) is 13.2 Å². The number of carbonyl (C=O) groups is 1. The fourth-order valence-electron chi connectivity index (χ4n) is 1.92. The summed E-state index contributed by atoms with van der Waals surface area (Å²) in [5.41, 5.74) is -0.745. The van der Waals surface area contributed by atoms with E-state index in [4.69, 9.17) is 0 Å². The maximum Gasteiger partial charge on any atom is 0.417 e. The van der Waals surface area contributed by atoms with Crippen LogP contribution in [0.2, 0.25) is 0 Å². The molecule has 2 rings (SSSR count). The minimum atomic E-state index is -4.55. The van der Waals surface area contributed by atoms with Crippen LogP contribution < -0.4 is 0 Å². The molecule has 2 aromatic carbocycles. The molecule has 6 heteroatoms. The highest BCUT2D eigenvalue weighted by molar-refractivity contribution is 5.91. The molecule has 2 aromatic rings. The Hall–Kier alpha value is -2.50. The molecule has 0 radical (unpaired) electrons. The lowest BCUT2D eigenvalue weighted by molar-refractivity contribution is -0.137. The summed E-state index contributed by atoms with van der Waals surface area (Å²) in [7, 11) is 1.15. The van der Waals surface area contributed by atoms with E-state index in [0.29, 0.717) is 0 Å². The molecule has 0 saturated heterocycles. The Morgan fingerprint density at radius 2 is 1.71 bits per heavy atom. The van der Waals surface area contributed by atoms with Gasteiger partial charge in [0.25, 0.3) is 0 Å². The third-order valence-electron chi connectivity index (χ3n) is 2.92. The van der Waals surface area contributed by atoms with Crippen molar-refractivity contribution in [1.82, 2.24) is 0 Å². The molecule has 0 fully saturated rings.